The molecule has 0 radical (unpaired) electrons. The summed E-state index contributed by atoms with van der Waals surface area (Å²) in [5.41, 5.74) is 6.66. The summed E-state index contributed by atoms with van der Waals surface area (Å²) in [6.45, 7) is 2.06. The zero-order valence-corrected chi connectivity index (χ0v) is 15.1. The number of amides is 2. The van der Waals surface area contributed by atoms with Crippen LogP contribution in [0.4, 0.5) is 0 Å². The van der Waals surface area contributed by atoms with E-state index in [1.165, 1.54) is 0 Å². The molecule has 1 aliphatic rings. The van der Waals surface area contributed by atoms with Crippen LogP contribution in [0.1, 0.15) is 18.4 Å². The van der Waals surface area contributed by atoms with Gasteiger partial charge < -0.3 is 16.0 Å². The van der Waals surface area contributed by atoms with E-state index in [1.807, 2.05) is 41.5 Å². The SMILES string of the molecule is CSCCC(NC(=O)Cc1ccccc1)C(=O)N1CCC(CN)C1. The number of carbonyl (C=O) groups is 2. The summed E-state index contributed by atoms with van der Waals surface area (Å²) in [6.07, 6.45) is 3.92. The van der Waals surface area contributed by atoms with Crippen LogP contribution in [0.5, 0.6) is 0 Å². The van der Waals surface area contributed by atoms with Crippen molar-refractivity contribution in [3.05, 3.63) is 35.9 Å². The molecule has 132 valence electrons. The highest BCUT2D eigenvalue weighted by atomic mass is 32.2. The lowest BCUT2D eigenvalue weighted by Crippen LogP contribution is -2.48. The quantitative estimate of drug-likeness (QED) is 0.741. The molecule has 2 unspecified atom stereocenters. The van der Waals surface area contributed by atoms with Crippen LogP contribution in [0.25, 0.3) is 0 Å². The van der Waals surface area contributed by atoms with Crippen LogP contribution in [0.3, 0.4) is 0 Å². The number of nitrogens with two attached hydrogens (primary N) is 1. The average molecular weight is 350 g/mol. The van der Waals surface area contributed by atoms with Crippen molar-refractivity contribution in [2.45, 2.75) is 25.3 Å². The van der Waals surface area contributed by atoms with Crippen molar-refractivity contribution in [2.75, 3.05) is 31.6 Å². The normalized spacial score (nSPS) is 18.4. The van der Waals surface area contributed by atoms with E-state index >= 15 is 0 Å². The van der Waals surface area contributed by atoms with Gasteiger partial charge in [-0.3, -0.25) is 9.59 Å². The Kier molecular flexibility index (Phi) is 7.59. The van der Waals surface area contributed by atoms with Gasteiger partial charge >= 0.3 is 0 Å². The molecule has 0 spiro atoms. The summed E-state index contributed by atoms with van der Waals surface area (Å²) in [5.74, 6) is 1.16. The fraction of sp³-hybridized carbons (Fsp3) is 0.556. The highest BCUT2D eigenvalue weighted by Gasteiger charge is 2.30. The molecule has 2 amide bonds. The van der Waals surface area contributed by atoms with Crippen molar-refractivity contribution in [3.63, 3.8) is 0 Å². The van der Waals surface area contributed by atoms with Crippen LogP contribution in [0.15, 0.2) is 30.3 Å². The third-order valence-electron chi connectivity index (χ3n) is 4.38. The molecule has 0 aliphatic carbocycles. The largest absolute Gasteiger partial charge is 0.344 e. The van der Waals surface area contributed by atoms with Gasteiger partial charge in [-0.2, -0.15) is 11.8 Å². The van der Waals surface area contributed by atoms with Gasteiger partial charge in [-0.05, 0) is 42.9 Å². The zero-order valence-electron chi connectivity index (χ0n) is 14.2. The van der Waals surface area contributed by atoms with Crippen LogP contribution in [0, 0.1) is 5.92 Å². The molecule has 1 heterocycles. The first-order valence-electron chi connectivity index (χ1n) is 8.45. The lowest BCUT2D eigenvalue weighted by atomic mass is 10.1. The van der Waals surface area contributed by atoms with Crippen LogP contribution >= 0.6 is 11.8 Å². The van der Waals surface area contributed by atoms with E-state index in [-0.39, 0.29) is 11.8 Å². The zero-order chi connectivity index (χ0) is 17.4. The maximum Gasteiger partial charge on any atom is 0.245 e. The summed E-state index contributed by atoms with van der Waals surface area (Å²) < 4.78 is 0. The molecule has 24 heavy (non-hydrogen) atoms. The number of rotatable bonds is 8. The first-order valence-corrected chi connectivity index (χ1v) is 9.84. The number of benzene rings is 1. The molecule has 2 atom stereocenters. The van der Waals surface area contributed by atoms with E-state index in [0.29, 0.717) is 31.8 Å². The Bertz CT molecular complexity index is 538. The minimum absolute atomic E-state index is 0.0291. The first kappa shape index (κ1) is 18.8. The standard InChI is InChI=1S/C18H27N3O2S/c1-24-10-8-16(18(23)21-9-7-15(12-19)13-21)20-17(22)11-14-5-3-2-4-6-14/h2-6,15-16H,7-13,19H2,1H3,(H,20,22). The molecule has 3 N–H and O–H groups in total. The number of thioether (sulfide) groups is 1. The molecule has 5 nitrogen and oxygen atoms in total. The summed E-state index contributed by atoms with van der Waals surface area (Å²) in [7, 11) is 0. The van der Waals surface area contributed by atoms with Crippen molar-refractivity contribution in [2.24, 2.45) is 11.7 Å². The van der Waals surface area contributed by atoms with Gasteiger partial charge in [-0.1, -0.05) is 30.3 Å². The second-order valence-electron chi connectivity index (χ2n) is 6.24. The van der Waals surface area contributed by atoms with Crippen LogP contribution in [-0.4, -0.2) is 54.4 Å². The molecule has 1 aliphatic heterocycles. The van der Waals surface area contributed by atoms with Gasteiger partial charge in [-0.25, -0.2) is 0 Å². The van der Waals surface area contributed by atoms with Gasteiger partial charge in [0.05, 0.1) is 6.42 Å². The fourth-order valence-corrected chi connectivity index (χ4v) is 3.44. The summed E-state index contributed by atoms with van der Waals surface area (Å²) in [5, 5.41) is 2.94. The molecule has 1 saturated heterocycles. The summed E-state index contributed by atoms with van der Waals surface area (Å²) in [6, 6.07) is 9.15. The Morgan fingerprint density at radius 1 is 1.38 bits per heavy atom. The lowest BCUT2D eigenvalue weighted by molar-refractivity contribution is -0.135. The van der Waals surface area contributed by atoms with Crippen LogP contribution in [0.2, 0.25) is 0 Å². The molecule has 0 bridgehead atoms. The first-order chi connectivity index (χ1) is 11.6. The smallest absolute Gasteiger partial charge is 0.245 e. The van der Waals surface area contributed by atoms with Crippen molar-refractivity contribution < 1.29 is 9.59 Å². The topological polar surface area (TPSA) is 75.4 Å². The summed E-state index contributed by atoms with van der Waals surface area (Å²) >= 11 is 1.68. The molecule has 0 aromatic heterocycles. The molecular formula is C18H27N3O2S. The van der Waals surface area contributed by atoms with E-state index in [4.69, 9.17) is 5.73 Å². The van der Waals surface area contributed by atoms with Gasteiger partial charge in [0, 0.05) is 13.1 Å². The Morgan fingerprint density at radius 2 is 2.12 bits per heavy atom. The monoisotopic (exact) mass is 349 g/mol. The summed E-state index contributed by atoms with van der Waals surface area (Å²) in [4.78, 5) is 26.9. The molecule has 1 fully saturated rings. The van der Waals surface area contributed by atoms with Gasteiger partial charge in [0.1, 0.15) is 6.04 Å². The third-order valence-corrected chi connectivity index (χ3v) is 5.03. The second-order valence-corrected chi connectivity index (χ2v) is 7.22. The Balaban J connectivity index is 1.94. The minimum atomic E-state index is -0.440. The predicted octanol–water partition coefficient (Wildman–Crippen LogP) is 1.27. The van der Waals surface area contributed by atoms with Crippen LogP contribution in [-0.2, 0) is 16.0 Å². The molecule has 2 rings (SSSR count). The Labute approximate surface area is 148 Å². The minimum Gasteiger partial charge on any atom is -0.344 e. The van der Waals surface area contributed by atoms with E-state index in [2.05, 4.69) is 5.32 Å². The molecule has 0 saturated carbocycles. The number of hydrogen-bond donors (Lipinski definition) is 2. The third kappa shape index (κ3) is 5.53. The van der Waals surface area contributed by atoms with Crippen molar-refractivity contribution in [3.8, 4) is 0 Å². The molecule has 6 heteroatoms. The van der Waals surface area contributed by atoms with E-state index < -0.39 is 6.04 Å². The number of hydrogen-bond acceptors (Lipinski definition) is 4. The second kappa shape index (κ2) is 9.69. The number of carbonyl (C=O) groups excluding carboxylic acids is 2. The lowest BCUT2D eigenvalue weighted by Gasteiger charge is -2.24. The number of likely N-dealkylation sites (tertiary alicyclic amines) is 1. The maximum atomic E-state index is 12.8. The van der Waals surface area contributed by atoms with Gasteiger partial charge in [0.15, 0.2) is 0 Å². The number of nitrogens with one attached hydrogen (secondary N) is 1. The van der Waals surface area contributed by atoms with E-state index in [9.17, 15) is 9.59 Å². The Hall–Kier alpha value is -1.53. The molecule has 1 aromatic rings. The van der Waals surface area contributed by atoms with Crippen molar-refractivity contribution in [1.29, 1.82) is 0 Å². The van der Waals surface area contributed by atoms with E-state index in [0.717, 1.165) is 24.3 Å². The molecular weight excluding hydrogens is 322 g/mol. The highest BCUT2D eigenvalue weighted by Crippen LogP contribution is 2.17. The number of nitrogens with zero attached hydrogens (tertiary/aromatic N) is 1. The van der Waals surface area contributed by atoms with Gasteiger partial charge in [-0.15, -0.1) is 0 Å². The maximum absolute atomic E-state index is 12.8. The fourth-order valence-electron chi connectivity index (χ4n) is 2.97. The van der Waals surface area contributed by atoms with Gasteiger partial charge in [0.25, 0.3) is 0 Å². The van der Waals surface area contributed by atoms with Crippen molar-refractivity contribution in [1.82, 2.24) is 10.2 Å². The van der Waals surface area contributed by atoms with Gasteiger partial charge in [0.2, 0.25) is 11.8 Å². The predicted molar refractivity (Wildman–Crippen MR) is 98.8 cm³/mol. The van der Waals surface area contributed by atoms with Crippen molar-refractivity contribution >= 4 is 23.6 Å². The Morgan fingerprint density at radius 3 is 2.75 bits per heavy atom. The molecule has 1 aromatic carbocycles. The average Bonchev–Trinajstić information content (AvgIpc) is 3.08. The van der Waals surface area contributed by atoms with Crippen LogP contribution < -0.4 is 11.1 Å². The highest BCUT2D eigenvalue weighted by molar-refractivity contribution is 7.98. The van der Waals surface area contributed by atoms with E-state index in [1.54, 1.807) is 11.8 Å².